The van der Waals surface area contributed by atoms with E-state index in [0.29, 0.717) is 0 Å². The Morgan fingerprint density at radius 1 is 0.857 bits per heavy atom. The zero-order valence-corrected chi connectivity index (χ0v) is 41.0. The number of carbonyl (C=O) groups is 7. The molecule has 0 spiro atoms. The van der Waals surface area contributed by atoms with Crippen molar-refractivity contribution in [2.45, 2.75) is 112 Å². The molecule has 1 heterocycles. The lowest BCUT2D eigenvalue weighted by Gasteiger charge is -2.67. The minimum atomic E-state index is -2.56. The van der Waals surface area contributed by atoms with Crippen LogP contribution < -0.4 is 5.32 Å². The third-order valence-corrected chi connectivity index (χ3v) is 14.3. The highest BCUT2D eigenvalue weighted by Gasteiger charge is 2.79. The molecule has 1 amide bonds. The second kappa shape index (κ2) is 19.9. The fourth-order valence-electron chi connectivity index (χ4n) is 10.5. The van der Waals surface area contributed by atoms with Gasteiger partial charge in [-0.1, -0.05) is 115 Å². The van der Waals surface area contributed by atoms with E-state index in [1.54, 1.807) is 54.6 Å². The number of ketones is 1. The molecule has 70 heavy (non-hydrogen) atoms. The van der Waals surface area contributed by atoms with Crippen LogP contribution >= 0.6 is 34.8 Å². The molecule has 3 aromatic rings. The second-order valence-electron chi connectivity index (χ2n) is 18.6. The van der Waals surface area contributed by atoms with Crippen molar-refractivity contribution in [2.75, 3.05) is 13.2 Å². The largest absolute Gasteiger partial charge is 0.509 e. The molecule has 2 bridgehead atoms. The minimum Gasteiger partial charge on any atom is -0.455 e. The van der Waals surface area contributed by atoms with Gasteiger partial charge in [0.25, 0.3) is 5.91 Å². The molecule has 1 saturated heterocycles. The van der Waals surface area contributed by atoms with E-state index in [1.165, 1.54) is 64.1 Å². The van der Waals surface area contributed by atoms with Gasteiger partial charge in [0.2, 0.25) is 9.90 Å². The van der Waals surface area contributed by atoms with Crippen molar-refractivity contribution in [2.24, 2.45) is 16.7 Å². The number of hydrogen-bond donors (Lipinski definition) is 2. The van der Waals surface area contributed by atoms with Gasteiger partial charge in [0.1, 0.15) is 42.7 Å². The lowest BCUT2D eigenvalue weighted by molar-refractivity contribution is -0.341. The third-order valence-electron chi connectivity index (χ3n) is 14.0. The van der Waals surface area contributed by atoms with Gasteiger partial charge >= 0.3 is 30.0 Å². The predicted molar refractivity (Wildman–Crippen MR) is 247 cm³/mol. The number of rotatable bonds is 12. The summed E-state index contributed by atoms with van der Waals surface area (Å²) < 4.78 is 56.2. The Bertz CT molecular complexity index is 2560. The van der Waals surface area contributed by atoms with Crippen LogP contribution in [0.5, 0.6) is 0 Å². The number of esters is 4. The smallest absolute Gasteiger partial charge is 0.455 e. The maximum Gasteiger partial charge on any atom is 0.509 e. The molecule has 11 atom stereocenters. The molecule has 1 aliphatic heterocycles. The number of carbonyl (C=O) groups excluding carboxylic acids is 7. The highest BCUT2D eigenvalue weighted by molar-refractivity contribution is 6.67. The molecule has 4 aliphatic rings. The molecule has 374 valence electrons. The van der Waals surface area contributed by atoms with Crippen LogP contribution in [0.4, 0.5) is 9.18 Å². The Morgan fingerprint density at radius 2 is 1.44 bits per heavy atom. The van der Waals surface area contributed by atoms with Crippen LogP contribution in [-0.4, -0.2) is 112 Å². The lowest BCUT2D eigenvalue weighted by atomic mass is 9.45. The highest BCUT2D eigenvalue weighted by Crippen LogP contribution is 2.65. The van der Waals surface area contributed by atoms with Gasteiger partial charge in [0, 0.05) is 37.7 Å². The summed E-state index contributed by atoms with van der Waals surface area (Å²) in [5.74, 6) is -7.76. The summed E-state index contributed by atoms with van der Waals surface area (Å²) in [4.78, 5) is 98.5. The van der Waals surface area contributed by atoms with Crippen LogP contribution in [0.3, 0.4) is 0 Å². The van der Waals surface area contributed by atoms with Crippen molar-refractivity contribution in [1.29, 1.82) is 0 Å². The molecular weight excluding hydrogens is 980 g/mol. The molecule has 0 aromatic heterocycles. The number of aliphatic hydroxyl groups is 1. The van der Waals surface area contributed by atoms with Crippen LogP contribution in [0.2, 0.25) is 0 Å². The van der Waals surface area contributed by atoms with Crippen molar-refractivity contribution in [3.8, 4) is 0 Å². The number of alkyl halides is 4. The monoisotopic (exact) mass is 1030 g/mol. The molecular formula is C50H51Cl3FNO15. The van der Waals surface area contributed by atoms with Gasteiger partial charge in [-0.25, -0.2) is 18.8 Å². The van der Waals surface area contributed by atoms with E-state index in [-0.39, 0.29) is 27.8 Å². The first-order valence-corrected chi connectivity index (χ1v) is 23.4. The van der Waals surface area contributed by atoms with Crippen molar-refractivity contribution >= 4 is 76.5 Å². The summed E-state index contributed by atoms with van der Waals surface area (Å²) in [7, 11) is 0. The number of benzene rings is 3. The highest BCUT2D eigenvalue weighted by atomic mass is 35.6. The molecule has 2 N–H and O–H groups in total. The van der Waals surface area contributed by atoms with E-state index in [2.05, 4.69) is 5.32 Å². The van der Waals surface area contributed by atoms with Gasteiger partial charge in [-0.15, -0.1) is 0 Å². The molecule has 3 aliphatic carbocycles. The van der Waals surface area contributed by atoms with Crippen LogP contribution in [0.15, 0.2) is 102 Å². The number of fused-ring (bicyclic) bond motifs is 5. The van der Waals surface area contributed by atoms with Crippen LogP contribution in [0.25, 0.3) is 0 Å². The summed E-state index contributed by atoms with van der Waals surface area (Å²) in [6.07, 6.45) is -13.8. The second-order valence-corrected chi connectivity index (χ2v) is 21.1. The van der Waals surface area contributed by atoms with E-state index < -0.39 is 142 Å². The molecule has 7 rings (SSSR count). The van der Waals surface area contributed by atoms with Crippen molar-refractivity contribution in [3.05, 3.63) is 119 Å². The first-order chi connectivity index (χ1) is 32.9. The number of ether oxygens (including phenoxy) is 7. The van der Waals surface area contributed by atoms with E-state index in [0.717, 1.165) is 13.8 Å². The zero-order chi connectivity index (χ0) is 51.1. The van der Waals surface area contributed by atoms with Gasteiger partial charge < -0.3 is 43.6 Å². The van der Waals surface area contributed by atoms with E-state index in [9.17, 15) is 29.1 Å². The summed E-state index contributed by atoms with van der Waals surface area (Å²) in [5, 5.41) is 16.6. The SMILES string of the molecule is CC(=O)O[C@H]1C(=O)[C@@]2(C)[C@H]([C@H](OC(=O)c3ccccc3)[C@]3(O)CC(OC(=O)[C@H](OC(=O)OCC(Cl)(Cl)Cl)[C@@H](NC(=O)c4ccccc4)c4ccccc4)C(C)=C1C3(C)C)[C@]1(OC(C)=O)CO[C@@H]1C[C@@H]2F. The predicted octanol–water partition coefficient (Wildman–Crippen LogP) is 7.24. The third kappa shape index (κ3) is 9.74. The molecule has 16 nitrogen and oxygen atoms in total. The Morgan fingerprint density at radius 3 is 1.99 bits per heavy atom. The topological polar surface area (TPSA) is 216 Å². The Kier molecular flexibility index (Phi) is 14.8. The summed E-state index contributed by atoms with van der Waals surface area (Å²) in [6.45, 7) is 6.51. The number of halogens is 4. The van der Waals surface area contributed by atoms with Crippen molar-refractivity contribution in [1.82, 2.24) is 5.32 Å². The standard InChI is InChI=1S/C50H51Cl3FNO15/c1-26-32(67-44(61)38(68-45(62)65-25-50(51,52)53)36(29-16-10-7-11-17-29)55-42(59)30-18-12-8-13-19-30)23-49(63)41(69-43(60)31-20-14-9-15-21-31)39-47(6,33(54)22-34-48(39,24-64-34)70-28(3)57)40(58)37(66-27(2)56)35(26)46(49,4)5/h7-21,32-34,36-39,41,63H,22-25H2,1-6H3,(H,55,59)/t32?,33-,34+,36-,37+,38+,39-,41-,47+,48-,49+/m0/s1. The van der Waals surface area contributed by atoms with Gasteiger partial charge in [0.05, 0.1) is 23.5 Å². The van der Waals surface area contributed by atoms with Gasteiger partial charge in [0.15, 0.2) is 17.5 Å². The molecule has 3 aromatic carbocycles. The van der Waals surface area contributed by atoms with E-state index >= 15 is 14.0 Å². The number of amides is 1. The number of hydrogen-bond acceptors (Lipinski definition) is 15. The van der Waals surface area contributed by atoms with E-state index in [1.807, 2.05) is 0 Å². The quantitative estimate of drug-likeness (QED) is 0.0791. The van der Waals surface area contributed by atoms with Gasteiger partial charge in [-0.3, -0.25) is 19.2 Å². The first-order valence-electron chi connectivity index (χ1n) is 22.2. The van der Waals surface area contributed by atoms with Crippen LogP contribution in [0.1, 0.15) is 86.7 Å². The Balaban J connectivity index is 1.42. The lowest BCUT2D eigenvalue weighted by Crippen LogP contribution is -2.81. The molecule has 20 heteroatoms. The van der Waals surface area contributed by atoms with Crippen LogP contribution in [0, 0.1) is 16.7 Å². The van der Waals surface area contributed by atoms with Crippen LogP contribution in [-0.2, 0) is 52.3 Å². The van der Waals surface area contributed by atoms with Crippen molar-refractivity contribution in [3.63, 3.8) is 0 Å². The zero-order valence-electron chi connectivity index (χ0n) is 38.8. The van der Waals surface area contributed by atoms with E-state index in [4.69, 9.17) is 68.0 Å². The van der Waals surface area contributed by atoms with Gasteiger partial charge in [-0.2, -0.15) is 0 Å². The maximum absolute atomic E-state index is 17.4. The fourth-order valence-corrected chi connectivity index (χ4v) is 10.7. The number of nitrogens with one attached hydrogen (secondary N) is 1. The fraction of sp³-hybridized carbons (Fsp3) is 0.460. The molecule has 3 fully saturated rings. The summed E-state index contributed by atoms with van der Waals surface area (Å²) in [6, 6.07) is 21.8. The summed E-state index contributed by atoms with van der Waals surface area (Å²) >= 11 is 17.6. The number of Topliss-reactive ketones (excluding diaryl/α,β-unsaturated/α-hetero) is 1. The first kappa shape index (κ1) is 52.2. The van der Waals surface area contributed by atoms with Crippen molar-refractivity contribution < 1.29 is 76.2 Å². The molecule has 0 radical (unpaired) electrons. The minimum absolute atomic E-state index is 0.0100. The Hall–Kier alpha value is -5.59. The Labute approximate surface area is 417 Å². The van der Waals surface area contributed by atoms with Gasteiger partial charge in [-0.05, 0) is 54.8 Å². The molecule has 2 saturated carbocycles. The summed E-state index contributed by atoms with van der Waals surface area (Å²) in [5.41, 5.74) is -8.38. The molecule has 1 unspecified atom stereocenters. The normalized spacial score (nSPS) is 29.7. The average Bonchev–Trinajstić information content (AvgIpc) is 3.30. The average molecular weight is 1030 g/mol. The maximum atomic E-state index is 17.4.